The molecule has 2 aliphatic rings. The number of nitrogens with zero attached hydrogens (tertiary/aromatic N) is 6. The van der Waals surface area contributed by atoms with E-state index in [2.05, 4.69) is 25.7 Å². The van der Waals surface area contributed by atoms with E-state index in [1.54, 1.807) is 23.1 Å². The number of anilines is 1. The van der Waals surface area contributed by atoms with Crippen LogP contribution in [0.15, 0.2) is 42.7 Å². The first-order valence-corrected chi connectivity index (χ1v) is 13.1. The first-order valence-electron chi connectivity index (χ1n) is 13.1. The van der Waals surface area contributed by atoms with Crippen LogP contribution >= 0.6 is 0 Å². The Kier molecular flexibility index (Phi) is 8.12. The Morgan fingerprint density at radius 1 is 1.20 bits per heavy atom. The SMILES string of the molecule is C[C@@H]1CN([C@H](C)CO)C(=O)c2cc(NC(=O)Cn3cnnn3)ccc2O[C@@H]1CN(C)Cc1ccc2c(c1)OCO2. The van der Waals surface area contributed by atoms with Gasteiger partial charge < -0.3 is 29.5 Å². The summed E-state index contributed by atoms with van der Waals surface area (Å²) < 4.78 is 18.7. The van der Waals surface area contributed by atoms with Gasteiger partial charge in [0.25, 0.3) is 5.91 Å². The third kappa shape index (κ3) is 6.15. The van der Waals surface area contributed by atoms with Gasteiger partial charge in [-0.15, -0.1) is 5.10 Å². The van der Waals surface area contributed by atoms with Gasteiger partial charge in [-0.1, -0.05) is 13.0 Å². The van der Waals surface area contributed by atoms with Crippen LogP contribution in [0.5, 0.6) is 17.2 Å². The molecule has 2 aromatic carbocycles. The van der Waals surface area contributed by atoms with Gasteiger partial charge in [0, 0.05) is 31.2 Å². The van der Waals surface area contributed by atoms with Crippen LogP contribution in [-0.4, -0.2) is 92.6 Å². The van der Waals surface area contributed by atoms with Crippen molar-refractivity contribution in [2.45, 2.75) is 39.1 Å². The molecule has 0 radical (unpaired) electrons. The molecule has 2 amide bonds. The highest BCUT2D eigenvalue weighted by Gasteiger charge is 2.33. The lowest BCUT2D eigenvalue weighted by Crippen LogP contribution is -2.49. The number of ether oxygens (including phenoxy) is 3. The molecule has 13 heteroatoms. The Bertz CT molecular complexity index is 1350. The van der Waals surface area contributed by atoms with Crippen molar-refractivity contribution in [2.75, 3.05) is 38.9 Å². The van der Waals surface area contributed by atoms with Crippen molar-refractivity contribution in [3.63, 3.8) is 0 Å². The van der Waals surface area contributed by atoms with E-state index in [9.17, 15) is 14.7 Å². The fraction of sp³-hybridized carbons (Fsp3) is 0.444. The van der Waals surface area contributed by atoms with Crippen LogP contribution in [-0.2, 0) is 17.9 Å². The summed E-state index contributed by atoms with van der Waals surface area (Å²) in [5, 5.41) is 23.4. The van der Waals surface area contributed by atoms with Crippen molar-refractivity contribution in [1.82, 2.24) is 30.0 Å². The molecule has 0 spiro atoms. The molecule has 5 rings (SSSR count). The van der Waals surface area contributed by atoms with Crippen molar-refractivity contribution in [2.24, 2.45) is 5.92 Å². The molecule has 1 aromatic heterocycles. The Labute approximate surface area is 231 Å². The summed E-state index contributed by atoms with van der Waals surface area (Å²) in [5.41, 5.74) is 1.84. The van der Waals surface area contributed by atoms with Crippen LogP contribution in [0.4, 0.5) is 5.69 Å². The molecule has 2 aliphatic heterocycles. The Hall–Kier alpha value is -4.23. The first kappa shape index (κ1) is 27.3. The van der Waals surface area contributed by atoms with E-state index in [1.165, 1.54) is 11.0 Å². The van der Waals surface area contributed by atoms with Gasteiger partial charge >= 0.3 is 0 Å². The standard InChI is InChI=1S/C27H33N7O6/c1-17-10-34(18(2)14-35)27(37)21-9-20(29-26(36)13-33-15-28-30-31-33)5-7-22(21)40-25(17)12-32(3)11-19-4-6-23-24(8-19)39-16-38-23/h4-9,15,17-18,25,35H,10-14,16H2,1-3H3,(H,29,36)/t17-,18-,25-/m1/s1. The van der Waals surface area contributed by atoms with E-state index in [0.29, 0.717) is 36.6 Å². The Balaban J connectivity index is 1.35. The summed E-state index contributed by atoms with van der Waals surface area (Å²) in [6.07, 6.45) is 1.09. The lowest BCUT2D eigenvalue weighted by molar-refractivity contribution is -0.116. The molecule has 0 fully saturated rings. The number of likely N-dealkylation sites (N-methyl/N-ethyl adjacent to an activating group) is 1. The highest BCUT2D eigenvalue weighted by Crippen LogP contribution is 2.33. The highest BCUT2D eigenvalue weighted by molar-refractivity contribution is 5.99. The molecule has 3 heterocycles. The van der Waals surface area contributed by atoms with Gasteiger partial charge in [0.2, 0.25) is 12.7 Å². The average molecular weight is 552 g/mol. The minimum Gasteiger partial charge on any atom is -0.488 e. The second kappa shape index (κ2) is 11.9. The minimum absolute atomic E-state index is 0.0269. The Morgan fingerprint density at radius 3 is 2.77 bits per heavy atom. The molecule has 3 atom stereocenters. The molecule has 13 nitrogen and oxygen atoms in total. The van der Waals surface area contributed by atoms with Gasteiger partial charge in [-0.3, -0.25) is 14.5 Å². The molecule has 0 aliphatic carbocycles. The summed E-state index contributed by atoms with van der Waals surface area (Å²) in [7, 11) is 2.02. The predicted octanol–water partition coefficient (Wildman–Crippen LogP) is 1.39. The molecular formula is C27H33N7O6. The van der Waals surface area contributed by atoms with Crippen molar-refractivity contribution in [3.05, 3.63) is 53.9 Å². The number of hydrogen-bond acceptors (Lipinski definition) is 10. The smallest absolute Gasteiger partial charge is 0.258 e. The lowest BCUT2D eigenvalue weighted by Gasteiger charge is -2.38. The quantitative estimate of drug-likeness (QED) is 0.400. The van der Waals surface area contributed by atoms with Gasteiger partial charge in [0.1, 0.15) is 24.7 Å². The van der Waals surface area contributed by atoms with Crippen LogP contribution in [0.2, 0.25) is 0 Å². The number of rotatable bonds is 9. The van der Waals surface area contributed by atoms with Crippen molar-refractivity contribution >= 4 is 17.5 Å². The number of aliphatic hydroxyl groups excluding tert-OH is 1. The number of hydrogen-bond donors (Lipinski definition) is 2. The van der Waals surface area contributed by atoms with E-state index in [1.807, 2.05) is 39.1 Å². The minimum atomic E-state index is -0.397. The second-order valence-electron chi connectivity index (χ2n) is 10.3. The van der Waals surface area contributed by atoms with Crippen LogP contribution in [0, 0.1) is 5.92 Å². The van der Waals surface area contributed by atoms with Crippen molar-refractivity contribution in [1.29, 1.82) is 0 Å². The van der Waals surface area contributed by atoms with Gasteiger partial charge in [-0.2, -0.15) is 0 Å². The van der Waals surface area contributed by atoms with Gasteiger partial charge in [-0.25, -0.2) is 4.68 Å². The zero-order valence-electron chi connectivity index (χ0n) is 22.7. The van der Waals surface area contributed by atoms with Crippen LogP contribution in [0.1, 0.15) is 29.8 Å². The fourth-order valence-corrected chi connectivity index (χ4v) is 4.84. The maximum atomic E-state index is 13.7. The number of fused-ring (bicyclic) bond motifs is 2. The predicted molar refractivity (Wildman–Crippen MR) is 143 cm³/mol. The number of carbonyl (C=O) groups excluding carboxylic acids is 2. The molecule has 0 bridgehead atoms. The van der Waals surface area contributed by atoms with E-state index in [-0.39, 0.29) is 43.8 Å². The fourth-order valence-electron chi connectivity index (χ4n) is 4.84. The third-order valence-electron chi connectivity index (χ3n) is 7.03. The number of benzene rings is 2. The maximum absolute atomic E-state index is 13.7. The zero-order valence-corrected chi connectivity index (χ0v) is 22.7. The number of amides is 2. The topological polar surface area (TPSA) is 144 Å². The molecule has 2 N–H and O–H groups in total. The number of aliphatic hydroxyl groups is 1. The van der Waals surface area contributed by atoms with E-state index < -0.39 is 6.04 Å². The maximum Gasteiger partial charge on any atom is 0.258 e. The number of carbonyl (C=O) groups is 2. The van der Waals surface area contributed by atoms with E-state index in [0.717, 1.165) is 17.1 Å². The van der Waals surface area contributed by atoms with E-state index in [4.69, 9.17) is 14.2 Å². The largest absolute Gasteiger partial charge is 0.488 e. The molecule has 40 heavy (non-hydrogen) atoms. The van der Waals surface area contributed by atoms with Gasteiger partial charge in [0.15, 0.2) is 11.5 Å². The number of aromatic nitrogens is 4. The third-order valence-corrected chi connectivity index (χ3v) is 7.03. The molecule has 0 saturated heterocycles. The monoisotopic (exact) mass is 551 g/mol. The summed E-state index contributed by atoms with van der Waals surface area (Å²) >= 11 is 0. The van der Waals surface area contributed by atoms with Crippen LogP contribution in [0.3, 0.4) is 0 Å². The molecule has 3 aromatic rings. The van der Waals surface area contributed by atoms with Crippen LogP contribution in [0.25, 0.3) is 0 Å². The van der Waals surface area contributed by atoms with E-state index >= 15 is 0 Å². The second-order valence-corrected chi connectivity index (χ2v) is 10.3. The summed E-state index contributed by atoms with van der Waals surface area (Å²) in [6.45, 7) is 5.50. The summed E-state index contributed by atoms with van der Waals surface area (Å²) in [5.74, 6) is 1.26. The Morgan fingerprint density at radius 2 is 2.00 bits per heavy atom. The van der Waals surface area contributed by atoms with Crippen molar-refractivity contribution < 1.29 is 28.9 Å². The molecule has 0 unspecified atom stereocenters. The normalized spacial score (nSPS) is 19.0. The lowest BCUT2D eigenvalue weighted by atomic mass is 9.99. The summed E-state index contributed by atoms with van der Waals surface area (Å²) in [4.78, 5) is 30.0. The summed E-state index contributed by atoms with van der Waals surface area (Å²) in [6, 6.07) is 10.5. The van der Waals surface area contributed by atoms with Gasteiger partial charge in [-0.05, 0) is 60.3 Å². The number of tetrazole rings is 1. The molecular weight excluding hydrogens is 518 g/mol. The molecule has 212 valence electrons. The zero-order chi connectivity index (χ0) is 28.2. The first-order chi connectivity index (χ1) is 19.3. The number of nitrogens with one attached hydrogen (secondary N) is 1. The van der Waals surface area contributed by atoms with Crippen LogP contribution < -0.4 is 19.5 Å². The highest BCUT2D eigenvalue weighted by atomic mass is 16.7. The molecule has 0 saturated carbocycles. The van der Waals surface area contributed by atoms with Gasteiger partial charge in [0.05, 0.1) is 18.2 Å². The average Bonchev–Trinajstić information content (AvgIpc) is 3.62. The van der Waals surface area contributed by atoms with Crippen molar-refractivity contribution in [3.8, 4) is 17.2 Å².